The first-order chi connectivity index (χ1) is 10.8. The number of piperazine rings is 1. The number of hydrogen-bond donors (Lipinski definition) is 2. The van der Waals surface area contributed by atoms with Gasteiger partial charge in [-0.2, -0.15) is 13.2 Å². The summed E-state index contributed by atoms with van der Waals surface area (Å²) in [5, 5.41) is 3.20. The molecule has 1 aliphatic rings. The smallest absolute Gasteiger partial charge is 0.314 e. The fourth-order valence-corrected chi connectivity index (χ4v) is 3.52. The van der Waals surface area contributed by atoms with Crippen LogP contribution >= 0.6 is 0 Å². The normalized spacial score (nSPS) is 17.3. The fraction of sp³-hybridized carbons (Fsp3) is 0.571. The molecule has 0 unspecified atom stereocenters. The standard InChI is InChI=1S/C14H20F3N3O2S/c15-14(16,17)13-3-1-2-12(10-13)11-23(21,22)19-6-9-20-7-4-18-5-8-20/h1-3,10,18-19H,4-9,11H2. The Balaban J connectivity index is 1.88. The maximum Gasteiger partial charge on any atom is 0.416 e. The van der Waals surface area contributed by atoms with Crippen molar-refractivity contribution in [3.63, 3.8) is 0 Å². The van der Waals surface area contributed by atoms with Crippen molar-refractivity contribution in [2.45, 2.75) is 11.9 Å². The molecule has 1 heterocycles. The number of halogens is 3. The van der Waals surface area contributed by atoms with Crippen LogP contribution in [0.25, 0.3) is 0 Å². The molecular weight excluding hydrogens is 331 g/mol. The maximum atomic E-state index is 12.6. The van der Waals surface area contributed by atoms with Crippen LogP contribution in [0, 0.1) is 0 Å². The lowest BCUT2D eigenvalue weighted by atomic mass is 10.1. The minimum absolute atomic E-state index is 0.120. The summed E-state index contributed by atoms with van der Waals surface area (Å²) in [6, 6.07) is 4.39. The number of sulfonamides is 1. The van der Waals surface area contributed by atoms with E-state index in [1.165, 1.54) is 12.1 Å². The number of benzene rings is 1. The van der Waals surface area contributed by atoms with Crippen molar-refractivity contribution in [2.75, 3.05) is 39.3 Å². The zero-order chi connectivity index (χ0) is 16.9. The minimum atomic E-state index is -4.48. The van der Waals surface area contributed by atoms with Crippen molar-refractivity contribution in [2.24, 2.45) is 0 Å². The van der Waals surface area contributed by atoms with Crippen LogP contribution in [-0.2, 0) is 22.0 Å². The molecule has 0 spiro atoms. The number of rotatable bonds is 6. The second kappa shape index (κ2) is 7.61. The van der Waals surface area contributed by atoms with Crippen molar-refractivity contribution in [3.05, 3.63) is 35.4 Å². The molecule has 0 aliphatic carbocycles. The summed E-state index contributed by atoms with van der Waals surface area (Å²) >= 11 is 0. The molecule has 1 saturated heterocycles. The molecule has 23 heavy (non-hydrogen) atoms. The summed E-state index contributed by atoms with van der Waals surface area (Å²) in [6.45, 7) is 4.30. The Labute approximate surface area is 133 Å². The molecule has 1 fully saturated rings. The second-order valence-electron chi connectivity index (χ2n) is 5.44. The lowest BCUT2D eigenvalue weighted by Crippen LogP contribution is -2.46. The van der Waals surface area contributed by atoms with Gasteiger partial charge in [-0.15, -0.1) is 0 Å². The predicted molar refractivity (Wildman–Crippen MR) is 81.4 cm³/mol. The summed E-state index contributed by atoms with van der Waals surface area (Å²) in [5.41, 5.74) is -0.722. The van der Waals surface area contributed by atoms with Crippen LogP contribution in [0.1, 0.15) is 11.1 Å². The molecule has 130 valence electrons. The lowest BCUT2D eigenvalue weighted by Gasteiger charge is -2.27. The van der Waals surface area contributed by atoms with Gasteiger partial charge in [-0.1, -0.05) is 18.2 Å². The number of alkyl halides is 3. The van der Waals surface area contributed by atoms with Crippen LogP contribution in [0.4, 0.5) is 13.2 Å². The molecule has 0 aromatic heterocycles. The van der Waals surface area contributed by atoms with E-state index in [4.69, 9.17) is 0 Å². The molecule has 2 N–H and O–H groups in total. The van der Waals surface area contributed by atoms with Gasteiger partial charge in [0, 0.05) is 39.3 Å². The highest BCUT2D eigenvalue weighted by Gasteiger charge is 2.30. The van der Waals surface area contributed by atoms with Crippen LogP contribution in [0.2, 0.25) is 0 Å². The topological polar surface area (TPSA) is 61.4 Å². The first-order valence-corrected chi connectivity index (χ1v) is 8.98. The van der Waals surface area contributed by atoms with E-state index in [2.05, 4.69) is 14.9 Å². The highest BCUT2D eigenvalue weighted by Crippen LogP contribution is 2.29. The van der Waals surface area contributed by atoms with Crippen molar-refractivity contribution in [1.82, 2.24) is 14.9 Å². The number of nitrogens with zero attached hydrogens (tertiary/aromatic N) is 1. The average Bonchev–Trinajstić information content (AvgIpc) is 2.47. The lowest BCUT2D eigenvalue weighted by molar-refractivity contribution is -0.137. The third kappa shape index (κ3) is 6.09. The molecule has 0 radical (unpaired) electrons. The van der Waals surface area contributed by atoms with Crippen LogP contribution in [0.15, 0.2) is 24.3 Å². The van der Waals surface area contributed by atoms with Gasteiger partial charge in [0.25, 0.3) is 0 Å². The number of nitrogens with one attached hydrogen (secondary N) is 2. The summed E-state index contributed by atoms with van der Waals surface area (Å²) in [6.07, 6.45) is -4.48. The predicted octanol–water partition coefficient (Wildman–Crippen LogP) is 1.03. The molecule has 9 heteroatoms. The minimum Gasteiger partial charge on any atom is -0.314 e. The third-order valence-electron chi connectivity index (χ3n) is 3.57. The molecular formula is C14H20F3N3O2S. The van der Waals surface area contributed by atoms with Gasteiger partial charge in [-0.25, -0.2) is 13.1 Å². The first kappa shape index (κ1) is 18.2. The summed E-state index contributed by atoms with van der Waals surface area (Å²) < 4.78 is 64.3. The molecule has 5 nitrogen and oxygen atoms in total. The molecule has 2 rings (SSSR count). The largest absolute Gasteiger partial charge is 0.416 e. The summed E-state index contributed by atoms with van der Waals surface area (Å²) in [4.78, 5) is 2.13. The number of hydrogen-bond acceptors (Lipinski definition) is 4. The Morgan fingerprint density at radius 2 is 1.91 bits per heavy atom. The van der Waals surface area contributed by atoms with E-state index < -0.39 is 27.5 Å². The zero-order valence-corrected chi connectivity index (χ0v) is 13.4. The Hall–Kier alpha value is -1.16. The zero-order valence-electron chi connectivity index (χ0n) is 12.6. The molecule has 1 aromatic rings. The van der Waals surface area contributed by atoms with Gasteiger partial charge in [0.1, 0.15) is 0 Å². The van der Waals surface area contributed by atoms with Crippen LogP contribution in [0.3, 0.4) is 0 Å². The van der Waals surface area contributed by atoms with Crippen molar-refractivity contribution < 1.29 is 21.6 Å². The van der Waals surface area contributed by atoms with E-state index in [1.54, 1.807) is 0 Å². The first-order valence-electron chi connectivity index (χ1n) is 7.33. The van der Waals surface area contributed by atoms with Crippen LogP contribution < -0.4 is 10.0 Å². The van der Waals surface area contributed by atoms with Gasteiger partial charge in [-0.3, -0.25) is 4.90 Å². The van der Waals surface area contributed by atoms with E-state index in [1.807, 2.05) is 0 Å². The SMILES string of the molecule is O=S(=O)(Cc1cccc(C(F)(F)F)c1)NCCN1CCNCC1. The Kier molecular flexibility index (Phi) is 6.01. The van der Waals surface area contributed by atoms with Crippen molar-refractivity contribution in [1.29, 1.82) is 0 Å². The van der Waals surface area contributed by atoms with Gasteiger partial charge in [-0.05, 0) is 11.6 Å². The van der Waals surface area contributed by atoms with Gasteiger partial charge < -0.3 is 5.32 Å². The summed E-state index contributed by atoms with van der Waals surface area (Å²) in [5.74, 6) is -0.460. The van der Waals surface area contributed by atoms with E-state index in [0.717, 1.165) is 38.3 Å². The van der Waals surface area contributed by atoms with Gasteiger partial charge in [0.05, 0.1) is 11.3 Å². The maximum absolute atomic E-state index is 12.6. The monoisotopic (exact) mass is 351 g/mol. The second-order valence-corrected chi connectivity index (χ2v) is 7.25. The van der Waals surface area contributed by atoms with Crippen LogP contribution in [-0.4, -0.2) is 52.6 Å². The third-order valence-corrected chi connectivity index (χ3v) is 4.93. The molecule has 0 amide bonds. The van der Waals surface area contributed by atoms with E-state index in [0.29, 0.717) is 6.54 Å². The van der Waals surface area contributed by atoms with E-state index >= 15 is 0 Å². The Morgan fingerprint density at radius 1 is 1.22 bits per heavy atom. The highest BCUT2D eigenvalue weighted by molar-refractivity contribution is 7.88. The van der Waals surface area contributed by atoms with Crippen molar-refractivity contribution >= 4 is 10.0 Å². The van der Waals surface area contributed by atoms with Crippen molar-refractivity contribution in [3.8, 4) is 0 Å². The molecule has 1 aliphatic heterocycles. The average molecular weight is 351 g/mol. The highest BCUT2D eigenvalue weighted by atomic mass is 32.2. The molecule has 0 bridgehead atoms. The molecule has 1 aromatic carbocycles. The quantitative estimate of drug-likeness (QED) is 0.804. The Bertz CT molecular complexity index is 614. The Morgan fingerprint density at radius 3 is 2.57 bits per heavy atom. The van der Waals surface area contributed by atoms with Gasteiger partial charge in [0.2, 0.25) is 10.0 Å². The molecule has 0 atom stereocenters. The van der Waals surface area contributed by atoms with E-state index in [9.17, 15) is 21.6 Å². The fourth-order valence-electron chi connectivity index (χ4n) is 2.40. The van der Waals surface area contributed by atoms with E-state index in [-0.39, 0.29) is 12.1 Å². The van der Waals surface area contributed by atoms with Gasteiger partial charge in [0.15, 0.2) is 0 Å². The molecule has 0 saturated carbocycles. The summed E-state index contributed by atoms with van der Waals surface area (Å²) in [7, 11) is -3.66. The van der Waals surface area contributed by atoms with Crippen LogP contribution in [0.5, 0.6) is 0 Å². The van der Waals surface area contributed by atoms with Gasteiger partial charge >= 0.3 is 6.18 Å².